The van der Waals surface area contributed by atoms with Gasteiger partial charge in [-0.1, -0.05) is 6.07 Å². The molecule has 1 atom stereocenters. The topological polar surface area (TPSA) is 115 Å². The molecule has 0 bridgehead atoms. The van der Waals surface area contributed by atoms with E-state index >= 15 is 0 Å². The van der Waals surface area contributed by atoms with Gasteiger partial charge in [0.15, 0.2) is 24.2 Å². The van der Waals surface area contributed by atoms with E-state index in [0.29, 0.717) is 22.9 Å². The number of esters is 1. The molecular formula is C21H24N4O5. The van der Waals surface area contributed by atoms with Gasteiger partial charge in [0.2, 0.25) is 0 Å². The maximum atomic E-state index is 12.3. The van der Waals surface area contributed by atoms with Crippen LogP contribution in [0.4, 0.5) is 5.82 Å². The van der Waals surface area contributed by atoms with Crippen LogP contribution in [-0.2, 0) is 14.3 Å². The summed E-state index contributed by atoms with van der Waals surface area (Å²) in [5.74, 6) is 0.248. The molecule has 0 fully saturated rings. The van der Waals surface area contributed by atoms with Crippen LogP contribution in [-0.4, -0.2) is 41.5 Å². The number of ether oxygens (including phenoxy) is 3. The summed E-state index contributed by atoms with van der Waals surface area (Å²) in [6.07, 6.45) is 3.33. The quantitative estimate of drug-likeness (QED) is 0.497. The minimum atomic E-state index is -0.992. The fourth-order valence-electron chi connectivity index (χ4n) is 2.50. The molecule has 0 radical (unpaired) electrons. The lowest BCUT2D eigenvalue weighted by Crippen LogP contribution is -2.30. The number of carbonyl (C=O) groups is 2. The molecule has 1 aromatic carbocycles. The second kappa shape index (κ2) is 10.7. The monoisotopic (exact) mass is 412 g/mol. The van der Waals surface area contributed by atoms with Crippen LogP contribution in [0.25, 0.3) is 6.08 Å². The van der Waals surface area contributed by atoms with Crippen LogP contribution in [0, 0.1) is 11.3 Å². The lowest BCUT2D eigenvalue weighted by atomic mass is 10.2. The number of carbonyl (C=O) groups excluding carboxylic acids is 2. The molecule has 0 aliphatic carbocycles. The molecule has 0 aliphatic rings. The minimum Gasteiger partial charge on any atom is -0.493 e. The number of benzene rings is 1. The van der Waals surface area contributed by atoms with Crippen molar-refractivity contribution in [2.45, 2.75) is 32.9 Å². The Bertz CT molecular complexity index is 959. The minimum absolute atomic E-state index is 0.0739. The summed E-state index contributed by atoms with van der Waals surface area (Å²) in [7, 11) is 1.47. The van der Waals surface area contributed by atoms with Crippen LogP contribution in [0.2, 0.25) is 0 Å². The van der Waals surface area contributed by atoms with Crippen LogP contribution in [0.5, 0.6) is 11.5 Å². The van der Waals surface area contributed by atoms with Gasteiger partial charge in [0.25, 0.3) is 5.91 Å². The fraction of sp³-hybridized carbons (Fsp3) is 0.333. The van der Waals surface area contributed by atoms with Crippen molar-refractivity contribution in [3.8, 4) is 17.6 Å². The van der Waals surface area contributed by atoms with Gasteiger partial charge in [-0.05, 0) is 44.5 Å². The van der Waals surface area contributed by atoms with Gasteiger partial charge in [0.05, 0.1) is 13.3 Å². The Balaban J connectivity index is 1.95. The number of amides is 1. The third-order valence-electron chi connectivity index (χ3n) is 3.96. The number of methoxy groups -OCH3 is 1. The Hall–Kier alpha value is -3.80. The van der Waals surface area contributed by atoms with Gasteiger partial charge < -0.3 is 19.5 Å². The van der Waals surface area contributed by atoms with Crippen molar-refractivity contribution in [3.05, 3.63) is 42.1 Å². The van der Waals surface area contributed by atoms with E-state index in [-0.39, 0.29) is 12.6 Å². The molecule has 1 unspecified atom stereocenters. The van der Waals surface area contributed by atoms with Crippen LogP contribution in [0.15, 0.2) is 36.5 Å². The molecule has 0 aliphatic heterocycles. The first kappa shape index (κ1) is 22.5. The average Bonchev–Trinajstić information content (AvgIpc) is 3.19. The molecular weight excluding hydrogens is 388 g/mol. The Morgan fingerprint density at radius 3 is 2.70 bits per heavy atom. The summed E-state index contributed by atoms with van der Waals surface area (Å²) in [5.41, 5.74) is 0.658. The van der Waals surface area contributed by atoms with E-state index in [9.17, 15) is 9.59 Å². The predicted octanol–water partition coefficient (Wildman–Crippen LogP) is 2.96. The average molecular weight is 412 g/mol. The Labute approximate surface area is 174 Å². The van der Waals surface area contributed by atoms with E-state index in [0.717, 1.165) is 0 Å². The molecule has 30 heavy (non-hydrogen) atoms. The molecule has 1 heterocycles. The highest BCUT2D eigenvalue weighted by atomic mass is 16.5. The van der Waals surface area contributed by atoms with Crippen LogP contribution >= 0.6 is 0 Å². The third kappa shape index (κ3) is 6.10. The first-order valence-corrected chi connectivity index (χ1v) is 9.26. The Kier molecular flexibility index (Phi) is 7.99. The highest BCUT2D eigenvalue weighted by molar-refractivity contribution is 5.96. The van der Waals surface area contributed by atoms with Crippen molar-refractivity contribution in [2.75, 3.05) is 19.0 Å². The molecule has 2 rings (SSSR count). The molecule has 1 N–H and O–H groups in total. The van der Waals surface area contributed by atoms with E-state index in [2.05, 4.69) is 10.4 Å². The SMILES string of the molecule is COc1cc(/C=C/C(=O)OC(C)C(=O)Nc2ccnn2C(C)C)ccc1OCC#N. The maximum absolute atomic E-state index is 12.3. The van der Waals surface area contributed by atoms with Crippen molar-refractivity contribution in [1.82, 2.24) is 9.78 Å². The number of rotatable bonds is 9. The van der Waals surface area contributed by atoms with Gasteiger partial charge in [-0.15, -0.1) is 0 Å². The standard InChI is InChI=1S/C21H24N4O5/c1-14(2)25-19(9-11-23-25)24-21(27)15(3)30-20(26)8-6-16-5-7-17(29-12-10-22)18(13-16)28-4/h5-9,11,13-15H,12H2,1-4H3,(H,24,27)/b8-6+. The highest BCUT2D eigenvalue weighted by Gasteiger charge is 2.18. The number of nitriles is 1. The largest absolute Gasteiger partial charge is 0.493 e. The lowest BCUT2D eigenvalue weighted by molar-refractivity contribution is -0.148. The van der Waals surface area contributed by atoms with E-state index in [1.54, 1.807) is 35.1 Å². The van der Waals surface area contributed by atoms with E-state index < -0.39 is 18.0 Å². The van der Waals surface area contributed by atoms with Crippen molar-refractivity contribution >= 4 is 23.8 Å². The van der Waals surface area contributed by atoms with Crippen molar-refractivity contribution in [1.29, 1.82) is 5.26 Å². The van der Waals surface area contributed by atoms with Gasteiger partial charge in [0, 0.05) is 18.2 Å². The highest BCUT2D eigenvalue weighted by Crippen LogP contribution is 2.28. The second-order valence-corrected chi connectivity index (χ2v) is 6.51. The number of hydrogen-bond acceptors (Lipinski definition) is 7. The molecule has 0 spiro atoms. The van der Waals surface area contributed by atoms with Crippen LogP contribution in [0.3, 0.4) is 0 Å². The number of nitrogens with one attached hydrogen (secondary N) is 1. The number of anilines is 1. The Morgan fingerprint density at radius 1 is 1.27 bits per heavy atom. The Morgan fingerprint density at radius 2 is 2.03 bits per heavy atom. The van der Waals surface area contributed by atoms with Gasteiger partial charge in [-0.3, -0.25) is 4.79 Å². The third-order valence-corrected chi connectivity index (χ3v) is 3.96. The number of nitrogens with zero attached hydrogens (tertiary/aromatic N) is 3. The zero-order chi connectivity index (χ0) is 22.1. The van der Waals surface area contributed by atoms with Crippen LogP contribution < -0.4 is 14.8 Å². The normalized spacial score (nSPS) is 11.7. The molecule has 0 saturated heterocycles. The van der Waals surface area contributed by atoms with E-state index in [1.165, 1.54) is 26.2 Å². The first-order valence-electron chi connectivity index (χ1n) is 9.26. The first-order chi connectivity index (χ1) is 14.3. The summed E-state index contributed by atoms with van der Waals surface area (Å²) in [4.78, 5) is 24.4. The van der Waals surface area contributed by atoms with E-state index in [4.69, 9.17) is 19.5 Å². The zero-order valence-electron chi connectivity index (χ0n) is 17.3. The summed E-state index contributed by atoms with van der Waals surface area (Å²) < 4.78 is 17.3. The van der Waals surface area contributed by atoms with E-state index in [1.807, 2.05) is 19.9 Å². The summed E-state index contributed by atoms with van der Waals surface area (Å²) in [6, 6.07) is 8.61. The molecule has 9 heteroatoms. The fourth-order valence-corrected chi connectivity index (χ4v) is 2.50. The smallest absolute Gasteiger partial charge is 0.331 e. The molecule has 2 aromatic rings. The molecule has 0 saturated carbocycles. The second-order valence-electron chi connectivity index (χ2n) is 6.51. The molecule has 1 amide bonds. The van der Waals surface area contributed by atoms with Crippen molar-refractivity contribution in [2.24, 2.45) is 0 Å². The predicted molar refractivity (Wildman–Crippen MR) is 110 cm³/mol. The number of aromatic nitrogens is 2. The summed E-state index contributed by atoms with van der Waals surface area (Å²) in [6.45, 7) is 5.26. The van der Waals surface area contributed by atoms with Gasteiger partial charge in [0.1, 0.15) is 11.9 Å². The lowest BCUT2D eigenvalue weighted by Gasteiger charge is -2.15. The zero-order valence-corrected chi connectivity index (χ0v) is 17.3. The molecule has 158 valence electrons. The van der Waals surface area contributed by atoms with Gasteiger partial charge in [-0.25, -0.2) is 9.48 Å². The van der Waals surface area contributed by atoms with Gasteiger partial charge >= 0.3 is 5.97 Å². The molecule has 1 aromatic heterocycles. The summed E-state index contributed by atoms with van der Waals surface area (Å²) in [5, 5.41) is 15.4. The maximum Gasteiger partial charge on any atom is 0.331 e. The van der Waals surface area contributed by atoms with Crippen LogP contribution in [0.1, 0.15) is 32.4 Å². The van der Waals surface area contributed by atoms with Crippen molar-refractivity contribution in [3.63, 3.8) is 0 Å². The molecule has 9 nitrogen and oxygen atoms in total. The van der Waals surface area contributed by atoms with Gasteiger partial charge in [-0.2, -0.15) is 10.4 Å². The number of hydrogen-bond donors (Lipinski definition) is 1. The summed E-state index contributed by atoms with van der Waals surface area (Å²) >= 11 is 0. The van der Waals surface area contributed by atoms with Crippen molar-refractivity contribution < 1.29 is 23.8 Å².